The molecule has 20 heavy (non-hydrogen) atoms. The van der Waals surface area contributed by atoms with Gasteiger partial charge in [0.05, 0.1) is 6.61 Å². The molecule has 1 aromatic carbocycles. The Morgan fingerprint density at radius 3 is 2.75 bits per heavy atom. The Bertz CT molecular complexity index is 430. The van der Waals surface area contributed by atoms with Crippen molar-refractivity contribution in [2.75, 3.05) is 20.7 Å². The lowest BCUT2D eigenvalue weighted by atomic mass is 10.1. The summed E-state index contributed by atoms with van der Waals surface area (Å²) in [5.74, 6) is -0.406. The minimum Gasteiger partial charge on any atom is -0.380 e. The van der Waals surface area contributed by atoms with Gasteiger partial charge >= 0.3 is 0 Å². The Kier molecular flexibility index (Phi) is 9.12. The molecule has 6 heteroatoms. The lowest BCUT2D eigenvalue weighted by Crippen LogP contribution is -2.33. The van der Waals surface area contributed by atoms with Crippen molar-refractivity contribution in [1.29, 1.82) is 0 Å². The number of halogens is 2. The number of hydrogen-bond donors (Lipinski definition) is 2. The summed E-state index contributed by atoms with van der Waals surface area (Å²) in [6.07, 6.45) is 0. The van der Waals surface area contributed by atoms with Gasteiger partial charge in [-0.25, -0.2) is 4.39 Å². The normalized spacial score (nSPS) is 11.6. The first-order valence-corrected chi connectivity index (χ1v) is 6.27. The van der Waals surface area contributed by atoms with Gasteiger partial charge in [-0.05, 0) is 24.7 Å². The summed E-state index contributed by atoms with van der Waals surface area (Å²) in [6, 6.07) is 4.77. The van der Waals surface area contributed by atoms with Crippen LogP contribution in [0, 0.1) is 11.7 Å². The molecule has 0 saturated heterocycles. The van der Waals surface area contributed by atoms with Crippen LogP contribution in [0.2, 0.25) is 0 Å². The molecule has 0 aromatic heterocycles. The van der Waals surface area contributed by atoms with Gasteiger partial charge in [0.25, 0.3) is 0 Å². The summed E-state index contributed by atoms with van der Waals surface area (Å²) in [7, 11) is 3.33. The van der Waals surface area contributed by atoms with E-state index in [1.54, 1.807) is 19.2 Å². The van der Waals surface area contributed by atoms with Crippen molar-refractivity contribution < 1.29 is 13.9 Å². The Labute approximate surface area is 125 Å². The smallest absolute Gasteiger partial charge is 0.224 e. The third kappa shape index (κ3) is 5.86. The van der Waals surface area contributed by atoms with Gasteiger partial charge in [0.2, 0.25) is 5.91 Å². The van der Waals surface area contributed by atoms with Gasteiger partial charge in [-0.2, -0.15) is 0 Å². The van der Waals surface area contributed by atoms with Crippen molar-refractivity contribution in [1.82, 2.24) is 10.6 Å². The molecule has 0 radical (unpaired) electrons. The SMILES string of the molecule is CNCC(C)C(=O)NCc1ccc(F)c(COC)c1.Cl. The maximum absolute atomic E-state index is 13.4. The van der Waals surface area contributed by atoms with Crippen LogP contribution in [0.5, 0.6) is 0 Å². The molecule has 1 aromatic rings. The number of rotatable bonds is 7. The first-order chi connectivity index (χ1) is 9.08. The van der Waals surface area contributed by atoms with Crippen LogP contribution < -0.4 is 10.6 Å². The second-order valence-corrected chi connectivity index (χ2v) is 4.54. The molecule has 2 N–H and O–H groups in total. The Hall–Kier alpha value is -1.17. The van der Waals surface area contributed by atoms with Crippen LogP contribution in [0.15, 0.2) is 18.2 Å². The summed E-state index contributed by atoms with van der Waals surface area (Å²) >= 11 is 0. The number of ether oxygens (including phenoxy) is 1. The van der Waals surface area contributed by atoms with E-state index in [0.717, 1.165) is 5.56 Å². The molecule has 0 aliphatic carbocycles. The third-order valence-corrected chi connectivity index (χ3v) is 2.83. The number of methoxy groups -OCH3 is 1. The maximum atomic E-state index is 13.4. The molecule has 0 fully saturated rings. The lowest BCUT2D eigenvalue weighted by Gasteiger charge is -2.12. The molecule has 0 heterocycles. The Morgan fingerprint density at radius 2 is 2.15 bits per heavy atom. The monoisotopic (exact) mass is 304 g/mol. The number of nitrogens with one attached hydrogen (secondary N) is 2. The highest BCUT2D eigenvalue weighted by atomic mass is 35.5. The standard InChI is InChI=1S/C14H21FN2O2.ClH/c1-10(7-16-2)14(18)17-8-11-4-5-13(15)12(6-11)9-19-3;/h4-6,10,16H,7-9H2,1-3H3,(H,17,18);1H. The molecule has 0 spiro atoms. The number of hydrogen-bond acceptors (Lipinski definition) is 3. The van der Waals surface area contributed by atoms with Crippen molar-refractivity contribution in [2.24, 2.45) is 5.92 Å². The van der Waals surface area contributed by atoms with Gasteiger partial charge in [0.1, 0.15) is 5.82 Å². The fourth-order valence-electron chi connectivity index (χ4n) is 1.77. The molecule has 0 saturated carbocycles. The van der Waals surface area contributed by atoms with E-state index >= 15 is 0 Å². The van der Waals surface area contributed by atoms with Crippen LogP contribution >= 0.6 is 12.4 Å². The highest BCUT2D eigenvalue weighted by Gasteiger charge is 2.11. The summed E-state index contributed by atoms with van der Waals surface area (Å²) < 4.78 is 18.3. The van der Waals surface area contributed by atoms with E-state index in [4.69, 9.17) is 4.74 Å². The highest BCUT2D eigenvalue weighted by Crippen LogP contribution is 2.11. The molecular weight excluding hydrogens is 283 g/mol. The first-order valence-electron chi connectivity index (χ1n) is 6.27. The molecule has 114 valence electrons. The summed E-state index contributed by atoms with van der Waals surface area (Å²) in [6.45, 7) is 3.10. The predicted octanol–water partition coefficient (Wildman–Crippen LogP) is 1.87. The number of benzene rings is 1. The van der Waals surface area contributed by atoms with E-state index in [0.29, 0.717) is 18.7 Å². The van der Waals surface area contributed by atoms with Crippen LogP contribution in [0.3, 0.4) is 0 Å². The fraction of sp³-hybridized carbons (Fsp3) is 0.500. The van der Waals surface area contributed by atoms with E-state index in [-0.39, 0.29) is 36.7 Å². The van der Waals surface area contributed by atoms with Crippen molar-refractivity contribution >= 4 is 18.3 Å². The third-order valence-electron chi connectivity index (χ3n) is 2.83. The van der Waals surface area contributed by atoms with E-state index in [2.05, 4.69) is 10.6 Å². The maximum Gasteiger partial charge on any atom is 0.224 e. The number of amides is 1. The van der Waals surface area contributed by atoms with E-state index in [1.165, 1.54) is 13.2 Å². The average molecular weight is 305 g/mol. The van der Waals surface area contributed by atoms with Crippen molar-refractivity contribution in [3.05, 3.63) is 35.1 Å². The predicted molar refractivity (Wildman–Crippen MR) is 79.3 cm³/mol. The summed E-state index contributed by atoms with van der Waals surface area (Å²) in [5, 5.41) is 5.78. The summed E-state index contributed by atoms with van der Waals surface area (Å²) in [4.78, 5) is 11.7. The highest BCUT2D eigenvalue weighted by molar-refractivity contribution is 5.85. The van der Waals surface area contributed by atoms with Crippen LogP contribution in [-0.2, 0) is 22.7 Å². The quantitative estimate of drug-likeness (QED) is 0.808. The summed E-state index contributed by atoms with van der Waals surface area (Å²) in [5.41, 5.74) is 1.36. The minimum atomic E-state index is -0.291. The Balaban J connectivity index is 0.00000361. The number of carbonyl (C=O) groups is 1. The fourth-order valence-corrected chi connectivity index (χ4v) is 1.77. The van der Waals surface area contributed by atoms with E-state index in [1.807, 2.05) is 6.92 Å². The van der Waals surface area contributed by atoms with Crippen LogP contribution in [-0.4, -0.2) is 26.6 Å². The van der Waals surface area contributed by atoms with Crippen LogP contribution in [0.25, 0.3) is 0 Å². The zero-order chi connectivity index (χ0) is 14.3. The van der Waals surface area contributed by atoms with Gasteiger partial charge in [-0.1, -0.05) is 13.0 Å². The van der Waals surface area contributed by atoms with Gasteiger partial charge in [0, 0.05) is 31.7 Å². The topological polar surface area (TPSA) is 50.4 Å². The molecule has 1 amide bonds. The van der Waals surface area contributed by atoms with Crippen LogP contribution in [0.1, 0.15) is 18.1 Å². The lowest BCUT2D eigenvalue weighted by molar-refractivity contribution is -0.124. The van der Waals surface area contributed by atoms with Crippen molar-refractivity contribution in [3.8, 4) is 0 Å². The van der Waals surface area contributed by atoms with Gasteiger partial charge < -0.3 is 15.4 Å². The molecule has 4 nitrogen and oxygen atoms in total. The Morgan fingerprint density at radius 1 is 1.45 bits per heavy atom. The van der Waals surface area contributed by atoms with E-state index < -0.39 is 0 Å². The molecule has 0 aliphatic heterocycles. The van der Waals surface area contributed by atoms with Crippen molar-refractivity contribution in [3.63, 3.8) is 0 Å². The van der Waals surface area contributed by atoms with Gasteiger partial charge in [0.15, 0.2) is 0 Å². The largest absolute Gasteiger partial charge is 0.380 e. The number of carbonyl (C=O) groups excluding carboxylic acids is 1. The average Bonchev–Trinajstić information content (AvgIpc) is 2.39. The molecule has 1 rings (SSSR count). The van der Waals surface area contributed by atoms with Crippen LogP contribution in [0.4, 0.5) is 4.39 Å². The van der Waals surface area contributed by atoms with Crippen molar-refractivity contribution in [2.45, 2.75) is 20.1 Å². The zero-order valence-corrected chi connectivity index (χ0v) is 12.8. The first kappa shape index (κ1) is 18.8. The molecule has 1 unspecified atom stereocenters. The van der Waals surface area contributed by atoms with E-state index in [9.17, 15) is 9.18 Å². The van der Waals surface area contributed by atoms with Gasteiger partial charge in [-0.15, -0.1) is 12.4 Å². The zero-order valence-electron chi connectivity index (χ0n) is 12.0. The molecular formula is C14H22ClFN2O2. The second-order valence-electron chi connectivity index (χ2n) is 4.54. The molecule has 0 bridgehead atoms. The van der Waals surface area contributed by atoms with Gasteiger partial charge in [-0.3, -0.25) is 4.79 Å². The minimum absolute atomic E-state index is 0. The molecule has 0 aliphatic rings. The second kappa shape index (κ2) is 9.69. The molecule has 1 atom stereocenters.